The van der Waals surface area contributed by atoms with Crippen LogP contribution in [-0.2, 0) is 4.74 Å². The minimum atomic E-state index is -0.218. The molecule has 0 spiro atoms. The first-order valence-corrected chi connectivity index (χ1v) is 7.07. The highest BCUT2D eigenvalue weighted by Gasteiger charge is 2.25. The fraction of sp³-hybridized carbons (Fsp3) is 0.562. The second-order valence-electron chi connectivity index (χ2n) is 5.48. The van der Waals surface area contributed by atoms with Gasteiger partial charge in [0.05, 0.1) is 12.2 Å². The Morgan fingerprint density at radius 1 is 1.47 bits per heavy atom. The smallest absolute Gasteiger partial charge is 0.338 e. The summed E-state index contributed by atoms with van der Waals surface area (Å²) in [6, 6.07) is 7.94. The van der Waals surface area contributed by atoms with Crippen molar-refractivity contribution >= 4 is 5.97 Å². The molecule has 1 aromatic rings. The maximum absolute atomic E-state index is 11.8. The lowest BCUT2D eigenvalue weighted by Gasteiger charge is -2.35. The van der Waals surface area contributed by atoms with E-state index in [0.717, 1.165) is 19.5 Å². The predicted molar refractivity (Wildman–Crippen MR) is 76.4 cm³/mol. The monoisotopic (exact) mass is 261 g/mol. The topological polar surface area (TPSA) is 29.5 Å². The summed E-state index contributed by atoms with van der Waals surface area (Å²) in [6.07, 6.45) is 1.16. The first-order valence-electron chi connectivity index (χ1n) is 7.07. The van der Waals surface area contributed by atoms with E-state index < -0.39 is 0 Å². The number of esters is 1. The lowest BCUT2D eigenvalue weighted by atomic mass is 9.81. The molecule has 0 unspecified atom stereocenters. The third-order valence-electron chi connectivity index (χ3n) is 3.93. The number of hydrogen-bond donors (Lipinski definition) is 0. The molecule has 0 N–H and O–H groups in total. The Morgan fingerprint density at radius 2 is 2.26 bits per heavy atom. The number of nitrogens with zero attached hydrogens (tertiary/aromatic N) is 1. The van der Waals surface area contributed by atoms with Crippen LogP contribution in [0.5, 0.6) is 0 Å². The molecule has 0 radical (unpaired) electrons. The van der Waals surface area contributed by atoms with Crippen molar-refractivity contribution in [3.8, 4) is 0 Å². The van der Waals surface area contributed by atoms with Gasteiger partial charge in [0.2, 0.25) is 0 Å². The van der Waals surface area contributed by atoms with Gasteiger partial charge in [0, 0.05) is 6.54 Å². The maximum atomic E-state index is 11.8. The number of benzene rings is 1. The minimum absolute atomic E-state index is 0.218. The first kappa shape index (κ1) is 14.1. The highest BCUT2D eigenvalue weighted by atomic mass is 16.5. The summed E-state index contributed by atoms with van der Waals surface area (Å²) in [7, 11) is 2.17. The molecule has 0 aliphatic carbocycles. The number of ether oxygens (including phenoxy) is 1. The molecule has 3 heteroatoms. The molecule has 104 valence electrons. The lowest BCUT2D eigenvalue weighted by Crippen LogP contribution is -2.35. The van der Waals surface area contributed by atoms with Crippen molar-refractivity contribution in [2.45, 2.75) is 26.2 Å². The van der Waals surface area contributed by atoms with Crippen molar-refractivity contribution in [1.82, 2.24) is 4.90 Å². The summed E-state index contributed by atoms with van der Waals surface area (Å²) >= 11 is 0. The molecule has 0 aromatic heterocycles. The van der Waals surface area contributed by atoms with Crippen molar-refractivity contribution in [3.05, 3.63) is 35.4 Å². The molecule has 0 bridgehead atoms. The van der Waals surface area contributed by atoms with Crippen LogP contribution >= 0.6 is 0 Å². The average Bonchev–Trinajstić information content (AvgIpc) is 2.39. The van der Waals surface area contributed by atoms with Crippen LogP contribution in [0.1, 0.15) is 42.1 Å². The lowest BCUT2D eigenvalue weighted by molar-refractivity contribution is 0.0526. The highest BCUT2D eigenvalue weighted by molar-refractivity contribution is 5.89. The standard InChI is InChI=1S/C16H23NO2/c1-4-19-16(18)14-7-5-6-13(10-14)15-8-9-17(3)11-12(15)2/h5-7,10,12,15H,4,8-9,11H2,1-3H3/t12-,15-/m1/s1. The van der Waals surface area contributed by atoms with Crippen LogP contribution in [0, 0.1) is 5.92 Å². The molecule has 0 amide bonds. The SMILES string of the molecule is CCOC(=O)c1cccc([C@@H]2CCN(C)C[C@H]2C)c1. The van der Waals surface area contributed by atoms with E-state index in [4.69, 9.17) is 4.74 Å². The second-order valence-corrected chi connectivity index (χ2v) is 5.48. The molecule has 1 fully saturated rings. The normalized spacial score (nSPS) is 24.2. The fourth-order valence-corrected chi connectivity index (χ4v) is 2.96. The van der Waals surface area contributed by atoms with Gasteiger partial charge in [0.1, 0.15) is 0 Å². The summed E-state index contributed by atoms with van der Waals surface area (Å²) in [6.45, 7) is 6.79. The maximum Gasteiger partial charge on any atom is 0.338 e. The van der Waals surface area contributed by atoms with Gasteiger partial charge in [-0.3, -0.25) is 0 Å². The molecular weight excluding hydrogens is 238 g/mol. The molecule has 3 nitrogen and oxygen atoms in total. The third kappa shape index (κ3) is 3.35. The molecule has 2 atom stereocenters. The summed E-state index contributed by atoms with van der Waals surface area (Å²) in [5.74, 6) is 0.951. The van der Waals surface area contributed by atoms with E-state index in [-0.39, 0.29) is 5.97 Å². The Hall–Kier alpha value is -1.35. The van der Waals surface area contributed by atoms with Crippen molar-refractivity contribution in [2.75, 3.05) is 26.7 Å². The highest BCUT2D eigenvalue weighted by Crippen LogP contribution is 2.32. The summed E-state index contributed by atoms with van der Waals surface area (Å²) in [4.78, 5) is 14.2. The predicted octanol–water partition coefficient (Wildman–Crippen LogP) is 2.92. The average molecular weight is 261 g/mol. The Kier molecular flexibility index (Phi) is 4.59. The van der Waals surface area contributed by atoms with E-state index in [1.54, 1.807) is 0 Å². The Balaban J connectivity index is 2.16. The third-order valence-corrected chi connectivity index (χ3v) is 3.93. The van der Waals surface area contributed by atoms with E-state index >= 15 is 0 Å². The Bertz CT molecular complexity index is 444. The van der Waals surface area contributed by atoms with Gasteiger partial charge in [-0.2, -0.15) is 0 Å². The van der Waals surface area contributed by atoms with E-state index in [9.17, 15) is 4.79 Å². The van der Waals surface area contributed by atoms with Crippen LogP contribution in [0.25, 0.3) is 0 Å². The van der Waals surface area contributed by atoms with Gasteiger partial charge in [-0.1, -0.05) is 19.1 Å². The summed E-state index contributed by atoms with van der Waals surface area (Å²) < 4.78 is 5.07. The molecule has 1 aliphatic rings. The van der Waals surface area contributed by atoms with Gasteiger partial charge < -0.3 is 9.64 Å². The summed E-state index contributed by atoms with van der Waals surface area (Å²) in [5.41, 5.74) is 1.94. The van der Waals surface area contributed by atoms with Gasteiger partial charge in [-0.15, -0.1) is 0 Å². The van der Waals surface area contributed by atoms with Gasteiger partial charge in [-0.05, 0) is 56.5 Å². The van der Waals surface area contributed by atoms with Gasteiger partial charge in [-0.25, -0.2) is 4.79 Å². The molecule has 1 aromatic carbocycles. The van der Waals surface area contributed by atoms with Crippen molar-refractivity contribution in [1.29, 1.82) is 0 Å². The van der Waals surface area contributed by atoms with E-state index in [1.807, 2.05) is 25.1 Å². The van der Waals surface area contributed by atoms with Crippen LogP contribution < -0.4 is 0 Å². The van der Waals surface area contributed by atoms with Crippen LogP contribution in [0.4, 0.5) is 0 Å². The van der Waals surface area contributed by atoms with E-state index in [2.05, 4.69) is 24.9 Å². The molecule has 1 heterocycles. The number of hydrogen-bond acceptors (Lipinski definition) is 3. The van der Waals surface area contributed by atoms with Crippen molar-refractivity contribution in [2.24, 2.45) is 5.92 Å². The van der Waals surface area contributed by atoms with Gasteiger partial charge in [0.15, 0.2) is 0 Å². The number of rotatable bonds is 3. The first-order chi connectivity index (χ1) is 9.11. The number of carbonyl (C=O) groups is 1. The molecule has 1 aliphatic heterocycles. The van der Waals surface area contributed by atoms with Crippen molar-refractivity contribution < 1.29 is 9.53 Å². The molecule has 0 saturated carbocycles. The number of likely N-dealkylation sites (tertiary alicyclic amines) is 1. The molecular formula is C16H23NO2. The molecule has 19 heavy (non-hydrogen) atoms. The Labute approximate surface area is 115 Å². The minimum Gasteiger partial charge on any atom is -0.462 e. The molecule has 2 rings (SSSR count). The number of carbonyl (C=O) groups excluding carboxylic acids is 1. The van der Waals surface area contributed by atoms with Crippen LogP contribution in [0.3, 0.4) is 0 Å². The van der Waals surface area contributed by atoms with Crippen LogP contribution in [0.2, 0.25) is 0 Å². The quantitative estimate of drug-likeness (QED) is 0.784. The van der Waals surface area contributed by atoms with Gasteiger partial charge >= 0.3 is 5.97 Å². The molecule has 1 saturated heterocycles. The van der Waals surface area contributed by atoms with Gasteiger partial charge in [0.25, 0.3) is 0 Å². The van der Waals surface area contributed by atoms with E-state index in [1.165, 1.54) is 5.56 Å². The largest absolute Gasteiger partial charge is 0.462 e. The van der Waals surface area contributed by atoms with Crippen LogP contribution in [0.15, 0.2) is 24.3 Å². The zero-order valence-corrected chi connectivity index (χ0v) is 12.1. The van der Waals surface area contributed by atoms with Crippen LogP contribution in [-0.4, -0.2) is 37.6 Å². The Morgan fingerprint density at radius 3 is 2.95 bits per heavy atom. The number of piperidine rings is 1. The zero-order chi connectivity index (χ0) is 13.8. The zero-order valence-electron chi connectivity index (χ0n) is 12.1. The van der Waals surface area contributed by atoms with Crippen molar-refractivity contribution in [3.63, 3.8) is 0 Å². The second kappa shape index (κ2) is 6.20. The summed E-state index contributed by atoms with van der Waals surface area (Å²) in [5, 5.41) is 0. The van der Waals surface area contributed by atoms with E-state index in [0.29, 0.717) is 24.0 Å². The fourth-order valence-electron chi connectivity index (χ4n) is 2.96.